The number of Topliss-reactive ketones (excluding diaryl/α,β-unsaturated/α-hetero) is 2. The van der Waals surface area contributed by atoms with Crippen LogP contribution in [-0.4, -0.2) is 106 Å². The summed E-state index contributed by atoms with van der Waals surface area (Å²) >= 11 is 18.9. The topological polar surface area (TPSA) is 256 Å². The van der Waals surface area contributed by atoms with Gasteiger partial charge >= 0.3 is 0 Å². The molecular weight excluding hydrogens is 1140 g/mol. The maximum Gasteiger partial charge on any atom is 0.224 e. The number of nitrogens with two attached hydrogens (primary N) is 1. The molecule has 4 aromatic carbocycles. The first kappa shape index (κ1) is 67.4. The molecule has 8 rings (SSSR count). The van der Waals surface area contributed by atoms with Gasteiger partial charge in [-0.2, -0.15) is 10.5 Å². The van der Waals surface area contributed by atoms with Crippen LogP contribution in [0.2, 0.25) is 15.1 Å². The highest BCUT2D eigenvalue weighted by atomic mass is 35.5. The summed E-state index contributed by atoms with van der Waals surface area (Å²) in [4.78, 5) is 70.7. The van der Waals surface area contributed by atoms with E-state index in [2.05, 4.69) is 42.0 Å². The van der Waals surface area contributed by atoms with Crippen LogP contribution in [0.3, 0.4) is 0 Å². The number of nitriles is 2. The minimum Gasteiger partial charge on any atom is -0.399 e. The molecule has 0 aliphatic carbocycles. The highest BCUT2D eigenvalue weighted by Gasteiger charge is 2.18. The summed E-state index contributed by atoms with van der Waals surface area (Å²) in [6.07, 6.45) is 8.80. The maximum atomic E-state index is 12.8. The van der Waals surface area contributed by atoms with Gasteiger partial charge in [0.25, 0.3) is 0 Å². The van der Waals surface area contributed by atoms with E-state index >= 15 is 0 Å². The molecule has 0 radical (unpaired) electrons. The molecule has 2 amide bonds. The average molecular weight is 1210 g/mol. The molecule has 0 aliphatic heterocycles. The zero-order valence-corrected chi connectivity index (χ0v) is 51.8. The van der Waals surface area contributed by atoms with E-state index in [1.165, 1.54) is 12.4 Å². The SMILES string of the molecule is CC(C)O.Cc1cc2ncc(C#N)c(Cl)c2cc1NC(=O)CCCN(C)C.Cc1cc2ncc(C#N)c(Nc3ccc(CC(=O)c4ncccc4C)c(Cl)c3)c2cc1NC(=O)CCCN(C)C.Cc1cccnc1C(=O)Cc1ccc(N)cc1Cl. The molecule has 4 aromatic heterocycles. The van der Waals surface area contributed by atoms with Crippen LogP contribution < -0.4 is 21.7 Å². The lowest BCUT2D eigenvalue weighted by Gasteiger charge is -2.16. The largest absolute Gasteiger partial charge is 0.399 e. The number of carbonyl (C=O) groups is 4. The van der Waals surface area contributed by atoms with Crippen LogP contribution >= 0.6 is 34.8 Å². The molecule has 20 heteroatoms. The number of nitrogens with zero attached hydrogens (tertiary/aromatic N) is 8. The Morgan fingerprint density at radius 3 is 1.51 bits per heavy atom. The fourth-order valence-electron chi connectivity index (χ4n) is 8.45. The van der Waals surface area contributed by atoms with Crippen molar-refractivity contribution in [1.82, 2.24) is 29.7 Å². The van der Waals surface area contributed by atoms with E-state index in [9.17, 15) is 24.4 Å². The van der Waals surface area contributed by atoms with E-state index in [0.29, 0.717) is 106 Å². The Bertz CT molecular complexity index is 3780. The number of aryl methyl sites for hydroxylation is 4. The molecular formula is C65H71Cl3N12O5. The lowest BCUT2D eigenvalue weighted by atomic mass is 10.0. The highest BCUT2D eigenvalue weighted by molar-refractivity contribution is 6.36. The molecule has 0 spiro atoms. The summed E-state index contributed by atoms with van der Waals surface area (Å²) in [5.41, 5.74) is 16.7. The van der Waals surface area contributed by atoms with Gasteiger partial charge in [0.2, 0.25) is 11.8 Å². The van der Waals surface area contributed by atoms with Crippen molar-refractivity contribution in [2.75, 3.05) is 63.0 Å². The number of nitrogens with one attached hydrogen (secondary N) is 3. The number of hydrogen-bond acceptors (Lipinski definition) is 15. The molecule has 0 saturated carbocycles. The molecule has 8 aromatic rings. The summed E-state index contributed by atoms with van der Waals surface area (Å²) in [7, 11) is 7.91. The zero-order valence-electron chi connectivity index (χ0n) is 49.5. The van der Waals surface area contributed by atoms with Gasteiger partial charge in [-0.05, 0) is 190 Å². The fourth-order valence-corrected chi connectivity index (χ4v) is 9.19. The number of benzene rings is 4. The van der Waals surface area contributed by atoms with Crippen LogP contribution in [0.25, 0.3) is 21.8 Å². The van der Waals surface area contributed by atoms with Crippen LogP contribution in [-0.2, 0) is 22.4 Å². The van der Waals surface area contributed by atoms with Gasteiger partial charge in [-0.15, -0.1) is 0 Å². The summed E-state index contributed by atoms with van der Waals surface area (Å²) < 4.78 is 0. The lowest BCUT2D eigenvalue weighted by molar-refractivity contribution is -0.117. The Balaban J connectivity index is 0.000000247. The van der Waals surface area contributed by atoms with Crippen molar-refractivity contribution in [2.45, 2.75) is 86.2 Å². The van der Waals surface area contributed by atoms with Crippen molar-refractivity contribution in [2.24, 2.45) is 0 Å². The molecule has 0 fully saturated rings. The molecule has 442 valence electrons. The first-order chi connectivity index (χ1) is 40.4. The normalized spacial score (nSPS) is 10.7. The number of halogens is 3. The highest BCUT2D eigenvalue weighted by Crippen LogP contribution is 2.35. The van der Waals surface area contributed by atoms with Crippen molar-refractivity contribution in [1.29, 1.82) is 10.5 Å². The van der Waals surface area contributed by atoms with Gasteiger partial charge in [0.1, 0.15) is 23.5 Å². The third kappa shape index (κ3) is 20.4. The number of carbonyl (C=O) groups excluding carboxylic acids is 4. The molecule has 6 N–H and O–H groups in total. The van der Waals surface area contributed by atoms with E-state index < -0.39 is 0 Å². The Kier molecular flexibility index (Phi) is 25.9. The monoisotopic (exact) mass is 1200 g/mol. The van der Waals surface area contributed by atoms with Crippen molar-refractivity contribution in [3.63, 3.8) is 0 Å². The van der Waals surface area contributed by atoms with Crippen LogP contribution in [0, 0.1) is 50.4 Å². The molecule has 17 nitrogen and oxygen atoms in total. The first-order valence-corrected chi connectivity index (χ1v) is 28.4. The molecule has 0 unspecified atom stereocenters. The molecule has 0 saturated heterocycles. The minimum absolute atomic E-state index is 0.0326. The van der Waals surface area contributed by atoms with E-state index in [4.69, 9.17) is 50.9 Å². The summed E-state index contributed by atoms with van der Waals surface area (Å²) in [5, 5.41) is 38.8. The van der Waals surface area contributed by atoms with Gasteiger partial charge in [0, 0.05) is 100 Å². The number of anilines is 5. The Morgan fingerprint density at radius 2 is 1.06 bits per heavy atom. The fraction of sp³-hybridized carbons (Fsp3) is 0.292. The van der Waals surface area contributed by atoms with Gasteiger partial charge in [0.15, 0.2) is 11.6 Å². The third-order valence-corrected chi connectivity index (χ3v) is 13.9. The number of amides is 2. The number of pyridine rings is 4. The van der Waals surface area contributed by atoms with Crippen molar-refractivity contribution >= 4 is 108 Å². The van der Waals surface area contributed by atoms with Crippen molar-refractivity contribution < 1.29 is 24.3 Å². The lowest BCUT2D eigenvalue weighted by Crippen LogP contribution is -2.17. The second-order valence-corrected chi connectivity index (χ2v) is 22.1. The number of hydrogen-bond donors (Lipinski definition) is 5. The third-order valence-electron chi connectivity index (χ3n) is 12.8. The Morgan fingerprint density at radius 1 is 0.612 bits per heavy atom. The zero-order chi connectivity index (χ0) is 62.5. The van der Waals surface area contributed by atoms with Crippen molar-refractivity contribution in [3.05, 3.63) is 181 Å². The van der Waals surface area contributed by atoms with E-state index in [0.717, 1.165) is 53.7 Å². The van der Waals surface area contributed by atoms with E-state index in [1.807, 2.05) is 114 Å². The molecule has 0 atom stereocenters. The Hall–Kier alpha value is -8.39. The van der Waals surface area contributed by atoms with Crippen LogP contribution in [0.15, 0.2) is 110 Å². The smallest absolute Gasteiger partial charge is 0.224 e. The maximum absolute atomic E-state index is 12.8. The van der Waals surface area contributed by atoms with Crippen LogP contribution in [0.4, 0.5) is 28.4 Å². The Labute approximate surface area is 512 Å². The summed E-state index contributed by atoms with van der Waals surface area (Å²) in [6.45, 7) is 12.7. The number of nitrogen functional groups attached to an aromatic ring is 1. The number of rotatable bonds is 18. The van der Waals surface area contributed by atoms with Gasteiger partial charge in [-0.3, -0.25) is 39.1 Å². The predicted molar refractivity (Wildman–Crippen MR) is 342 cm³/mol. The van der Waals surface area contributed by atoms with Gasteiger partial charge < -0.3 is 36.6 Å². The standard InChI is InChI=1S/C31H31ClN6O2.C17H19ClN4O.C14H13ClN2O.C3H8O/c1-19-7-5-11-34-30(19)28(39)14-21-9-10-23(15-25(21)32)36-31-22(17-33)18-35-27-13-20(2)26(16-24(27)31)37-29(40)8-6-12-38(3)4;1-11-7-15-13(17(18)12(9-19)10-20-15)8-14(11)21-16(23)5-4-6-22(2)3;1-9-3-2-6-17-14(9)13(18)7-10-4-5-11(16)8-12(10)15;1-3(2)4/h5,7,9-11,13,15-16,18H,6,8,12,14H2,1-4H3,(H,35,36)(H,37,40);7-8,10H,4-6H2,1-3H3,(H,21,23);2-6,8H,7,16H2,1H3;3-4H,1-2H3. The summed E-state index contributed by atoms with van der Waals surface area (Å²) in [5.74, 6) is -0.255. The summed E-state index contributed by atoms with van der Waals surface area (Å²) in [6, 6.07) is 29.4. The average Bonchev–Trinajstić information content (AvgIpc) is 3.41. The predicted octanol–water partition coefficient (Wildman–Crippen LogP) is 13.0. The molecule has 0 bridgehead atoms. The van der Waals surface area contributed by atoms with Gasteiger partial charge in [-0.1, -0.05) is 59.1 Å². The quantitative estimate of drug-likeness (QED) is 0.0395. The minimum atomic E-state index is -0.167. The molecule has 0 aliphatic rings. The number of aromatic nitrogens is 4. The second-order valence-electron chi connectivity index (χ2n) is 20.9. The van der Waals surface area contributed by atoms with Gasteiger partial charge in [0.05, 0.1) is 32.9 Å². The number of aliphatic hydroxyl groups is 1. The van der Waals surface area contributed by atoms with E-state index in [1.54, 1.807) is 68.7 Å². The second kappa shape index (κ2) is 32.6. The number of aliphatic hydroxyl groups excluding tert-OH is 1. The van der Waals surface area contributed by atoms with E-state index in [-0.39, 0.29) is 42.3 Å². The molecule has 4 heterocycles. The van der Waals surface area contributed by atoms with Crippen LogP contribution in [0.5, 0.6) is 0 Å². The number of fused-ring (bicyclic) bond motifs is 2. The number of ketones is 2. The first-order valence-electron chi connectivity index (χ1n) is 27.3. The van der Waals surface area contributed by atoms with Gasteiger partial charge in [-0.25, -0.2) is 0 Å². The van der Waals surface area contributed by atoms with Crippen molar-refractivity contribution in [3.8, 4) is 12.1 Å². The van der Waals surface area contributed by atoms with Crippen LogP contribution in [0.1, 0.15) is 105 Å². The molecule has 85 heavy (non-hydrogen) atoms.